The summed E-state index contributed by atoms with van der Waals surface area (Å²) in [6.45, 7) is 2.43. The molecule has 2 nitrogen and oxygen atoms in total. The van der Waals surface area contributed by atoms with E-state index >= 15 is 0 Å². The van der Waals surface area contributed by atoms with Gasteiger partial charge in [-0.25, -0.2) is 0 Å². The molecule has 2 rings (SSSR count). The molecule has 68 valence electrons. The van der Waals surface area contributed by atoms with Crippen molar-refractivity contribution in [1.29, 1.82) is 0 Å². The molecule has 1 N–H and O–H groups in total. The van der Waals surface area contributed by atoms with Crippen LogP contribution in [0.15, 0.2) is 0 Å². The van der Waals surface area contributed by atoms with Crippen molar-refractivity contribution in [3.8, 4) is 0 Å². The molecule has 2 aliphatic heterocycles. The molecular formula is C7H16Cl2N2. The zero-order valence-corrected chi connectivity index (χ0v) is 8.38. The van der Waals surface area contributed by atoms with E-state index in [1.165, 1.54) is 25.9 Å². The summed E-state index contributed by atoms with van der Waals surface area (Å²) in [5.74, 6) is 0. The molecule has 2 bridgehead atoms. The highest BCUT2D eigenvalue weighted by Crippen LogP contribution is 2.23. The van der Waals surface area contributed by atoms with Gasteiger partial charge in [-0.15, -0.1) is 24.8 Å². The third-order valence-electron chi connectivity index (χ3n) is 2.74. The minimum Gasteiger partial charge on any atom is -0.314 e. The first-order valence-corrected chi connectivity index (χ1v) is 3.80. The molecule has 0 aromatic heterocycles. The highest BCUT2D eigenvalue weighted by Gasteiger charge is 2.32. The fourth-order valence-corrected chi connectivity index (χ4v) is 2.00. The molecule has 0 aromatic carbocycles. The third kappa shape index (κ3) is 2.00. The van der Waals surface area contributed by atoms with E-state index in [9.17, 15) is 0 Å². The van der Waals surface area contributed by atoms with E-state index in [1.54, 1.807) is 0 Å². The smallest absolute Gasteiger partial charge is 0.0221 e. The van der Waals surface area contributed by atoms with Crippen LogP contribution in [0.4, 0.5) is 0 Å². The Balaban J connectivity index is 0.000000500. The zero-order valence-electron chi connectivity index (χ0n) is 6.75. The van der Waals surface area contributed by atoms with Crippen LogP contribution in [0.1, 0.15) is 12.8 Å². The first-order valence-electron chi connectivity index (χ1n) is 3.80. The third-order valence-corrected chi connectivity index (χ3v) is 2.74. The van der Waals surface area contributed by atoms with Gasteiger partial charge in [-0.3, -0.25) is 4.90 Å². The van der Waals surface area contributed by atoms with Crippen molar-refractivity contribution in [3.63, 3.8) is 0 Å². The lowest BCUT2D eigenvalue weighted by molar-refractivity contribution is 0.193. The molecule has 0 radical (unpaired) electrons. The van der Waals surface area contributed by atoms with Crippen LogP contribution >= 0.6 is 24.8 Å². The summed E-state index contributed by atoms with van der Waals surface area (Å²) >= 11 is 0. The number of likely N-dealkylation sites (N-methyl/N-ethyl adjacent to an activating group) is 1. The molecule has 4 heteroatoms. The zero-order chi connectivity index (χ0) is 6.27. The molecule has 0 amide bonds. The van der Waals surface area contributed by atoms with E-state index in [2.05, 4.69) is 17.3 Å². The lowest BCUT2D eigenvalue weighted by Gasteiger charge is -2.31. The quantitative estimate of drug-likeness (QED) is 0.623. The molecule has 2 heterocycles. The molecule has 2 atom stereocenters. The molecule has 2 fully saturated rings. The molecule has 0 spiro atoms. The minimum absolute atomic E-state index is 0. The Bertz CT molecular complexity index is 105. The van der Waals surface area contributed by atoms with E-state index in [0.29, 0.717) is 0 Å². The maximum atomic E-state index is 3.44. The van der Waals surface area contributed by atoms with Crippen LogP contribution in [0.2, 0.25) is 0 Å². The molecule has 11 heavy (non-hydrogen) atoms. The van der Waals surface area contributed by atoms with Gasteiger partial charge in [-0.05, 0) is 19.9 Å². The first kappa shape index (κ1) is 11.5. The van der Waals surface area contributed by atoms with E-state index in [-0.39, 0.29) is 24.8 Å². The number of piperazine rings is 1. The number of fused-ring (bicyclic) bond motifs is 2. The van der Waals surface area contributed by atoms with Crippen LogP contribution < -0.4 is 5.32 Å². The second-order valence-electron chi connectivity index (χ2n) is 3.21. The van der Waals surface area contributed by atoms with Gasteiger partial charge in [-0.2, -0.15) is 0 Å². The van der Waals surface area contributed by atoms with Crippen LogP contribution in [0.3, 0.4) is 0 Å². The summed E-state index contributed by atoms with van der Waals surface area (Å²) in [5.41, 5.74) is 0. The summed E-state index contributed by atoms with van der Waals surface area (Å²) in [4.78, 5) is 2.52. The number of nitrogens with zero attached hydrogens (tertiary/aromatic N) is 1. The van der Waals surface area contributed by atoms with Gasteiger partial charge in [0.1, 0.15) is 0 Å². The average Bonchev–Trinajstić information content (AvgIpc) is 2.19. The van der Waals surface area contributed by atoms with Gasteiger partial charge in [-0.1, -0.05) is 0 Å². The number of rotatable bonds is 0. The lowest BCUT2D eigenvalue weighted by atomic mass is 10.2. The highest BCUT2D eigenvalue weighted by atomic mass is 35.5. The summed E-state index contributed by atoms with van der Waals surface area (Å²) in [5, 5.41) is 3.44. The van der Waals surface area contributed by atoms with Crippen molar-refractivity contribution in [1.82, 2.24) is 10.2 Å². The Kier molecular flexibility index (Phi) is 4.71. The molecular weight excluding hydrogens is 183 g/mol. The standard InChI is InChI=1S/C7H14N2.2ClH/c1-9-6-2-3-7(9)5-8-4-6;;/h6-8H,2-5H2,1H3;2*1H. The number of nitrogens with one attached hydrogen (secondary N) is 1. The van der Waals surface area contributed by atoms with Crippen LogP contribution in [0, 0.1) is 0 Å². The largest absolute Gasteiger partial charge is 0.314 e. The Morgan fingerprint density at radius 3 is 1.91 bits per heavy atom. The summed E-state index contributed by atoms with van der Waals surface area (Å²) in [6, 6.07) is 1.70. The van der Waals surface area contributed by atoms with E-state index in [0.717, 1.165) is 12.1 Å². The Morgan fingerprint density at radius 1 is 1.09 bits per heavy atom. The molecule has 0 aromatic rings. The van der Waals surface area contributed by atoms with Crippen molar-refractivity contribution in [2.24, 2.45) is 0 Å². The summed E-state index contributed by atoms with van der Waals surface area (Å²) in [7, 11) is 2.25. The molecule has 2 saturated heterocycles. The predicted molar refractivity (Wildman–Crippen MR) is 51.9 cm³/mol. The average molecular weight is 199 g/mol. The van der Waals surface area contributed by atoms with Gasteiger partial charge in [0.2, 0.25) is 0 Å². The fraction of sp³-hybridized carbons (Fsp3) is 1.00. The van der Waals surface area contributed by atoms with Gasteiger partial charge < -0.3 is 5.32 Å². The highest BCUT2D eigenvalue weighted by molar-refractivity contribution is 5.85. The molecule has 2 unspecified atom stereocenters. The number of hydrogen-bond acceptors (Lipinski definition) is 2. The molecule has 2 aliphatic rings. The van der Waals surface area contributed by atoms with Crippen molar-refractivity contribution >= 4 is 24.8 Å². The van der Waals surface area contributed by atoms with Gasteiger partial charge in [0.05, 0.1) is 0 Å². The first-order chi connectivity index (χ1) is 4.38. The molecule has 0 aliphatic carbocycles. The maximum Gasteiger partial charge on any atom is 0.0221 e. The second kappa shape index (κ2) is 4.51. The van der Waals surface area contributed by atoms with Crippen molar-refractivity contribution in [3.05, 3.63) is 0 Å². The van der Waals surface area contributed by atoms with Gasteiger partial charge in [0.25, 0.3) is 0 Å². The second-order valence-corrected chi connectivity index (χ2v) is 3.21. The topological polar surface area (TPSA) is 15.3 Å². The van der Waals surface area contributed by atoms with Crippen LogP contribution in [0.5, 0.6) is 0 Å². The van der Waals surface area contributed by atoms with E-state index < -0.39 is 0 Å². The number of hydrogen-bond donors (Lipinski definition) is 1. The van der Waals surface area contributed by atoms with Crippen LogP contribution in [0.25, 0.3) is 0 Å². The Morgan fingerprint density at radius 2 is 1.55 bits per heavy atom. The van der Waals surface area contributed by atoms with Gasteiger partial charge in [0, 0.05) is 25.2 Å². The van der Waals surface area contributed by atoms with Crippen molar-refractivity contribution in [2.75, 3.05) is 20.1 Å². The maximum absolute atomic E-state index is 3.44. The van der Waals surface area contributed by atoms with Crippen molar-refractivity contribution in [2.45, 2.75) is 24.9 Å². The normalized spacial score (nSPS) is 35.7. The SMILES string of the molecule is CN1C2CCC1CNC2.Cl.Cl. The Hall–Kier alpha value is 0.500. The lowest BCUT2D eigenvalue weighted by Crippen LogP contribution is -2.49. The number of halogens is 2. The van der Waals surface area contributed by atoms with Crippen LogP contribution in [-0.4, -0.2) is 37.1 Å². The summed E-state index contributed by atoms with van der Waals surface area (Å²) in [6.07, 6.45) is 2.82. The molecule has 0 saturated carbocycles. The van der Waals surface area contributed by atoms with Crippen LogP contribution in [-0.2, 0) is 0 Å². The summed E-state index contributed by atoms with van der Waals surface area (Å²) < 4.78 is 0. The Labute approximate surface area is 80.5 Å². The van der Waals surface area contributed by atoms with Crippen molar-refractivity contribution < 1.29 is 0 Å². The monoisotopic (exact) mass is 198 g/mol. The predicted octanol–water partition coefficient (Wildman–Crippen LogP) is 0.896. The fourth-order valence-electron chi connectivity index (χ4n) is 2.00. The van der Waals surface area contributed by atoms with Gasteiger partial charge >= 0.3 is 0 Å². The van der Waals surface area contributed by atoms with E-state index in [1.807, 2.05) is 0 Å². The van der Waals surface area contributed by atoms with E-state index in [4.69, 9.17) is 0 Å². The minimum atomic E-state index is 0. The van der Waals surface area contributed by atoms with Gasteiger partial charge in [0.15, 0.2) is 0 Å².